The summed E-state index contributed by atoms with van der Waals surface area (Å²) in [5.74, 6) is -0.815. The Labute approximate surface area is 275 Å². The Morgan fingerprint density at radius 2 is 1.76 bits per heavy atom. The number of benzene rings is 3. The third-order valence-electron chi connectivity index (χ3n) is 7.05. The molecule has 10 nitrogen and oxygen atoms in total. The van der Waals surface area contributed by atoms with Gasteiger partial charge in [-0.15, -0.1) is 0 Å². The van der Waals surface area contributed by atoms with Gasteiger partial charge in [0.2, 0.25) is 0 Å². The van der Waals surface area contributed by atoms with Crippen LogP contribution < -0.4 is 10.6 Å². The van der Waals surface area contributed by atoms with Crippen molar-refractivity contribution in [2.75, 3.05) is 17.2 Å². The highest BCUT2D eigenvalue weighted by Gasteiger charge is 2.38. The zero-order valence-electron chi connectivity index (χ0n) is 25.6. The maximum atomic E-state index is 14.8. The quantitative estimate of drug-likeness (QED) is 0.202. The van der Waals surface area contributed by atoms with Crippen molar-refractivity contribution in [1.82, 2.24) is 14.7 Å². The van der Waals surface area contributed by atoms with Gasteiger partial charge in [0.05, 0.1) is 40.3 Å². The molecular weight excluding hydrogens is 636 g/mol. The lowest BCUT2D eigenvalue weighted by Gasteiger charge is -2.36. The molecule has 240 valence electrons. The average Bonchev–Trinajstić information content (AvgIpc) is 3.41. The zero-order valence-corrected chi connectivity index (χ0v) is 27.1. The van der Waals surface area contributed by atoms with Crippen LogP contribution in [0.3, 0.4) is 0 Å². The van der Waals surface area contributed by atoms with Crippen molar-refractivity contribution in [2.24, 2.45) is 0 Å². The van der Waals surface area contributed by atoms with Crippen molar-refractivity contribution in [3.63, 3.8) is 0 Å². The van der Waals surface area contributed by atoms with Crippen LogP contribution in [0.1, 0.15) is 38.8 Å². The summed E-state index contributed by atoms with van der Waals surface area (Å²) in [7, 11) is 0. The first-order valence-corrected chi connectivity index (χ1v) is 15.3. The van der Waals surface area contributed by atoms with Crippen LogP contribution in [0.15, 0.2) is 66.7 Å². The minimum absolute atomic E-state index is 0.113. The van der Waals surface area contributed by atoms with Crippen molar-refractivity contribution in [1.29, 1.82) is 0 Å². The minimum atomic E-state index is -0.921. The molecule has 13 heteroatoms. The van der Waals surface area contributed by atoms with Crippen molar-refractivity contribution in [2.45, 2.75) is 52.3 Å². The Hall–Kier alpha value is -4.61. The van der Waals surface area contributed by atoms with Crippen molar-refractivity contribution < 1.29 is 28.2 Å². The second-order valence-corrected chi connectivity index (χ2v) is 12.3. The molecule has 5 rings (SSSR count). The SMILES string of the molecule is CCOC(=O)C1Cc2cc(-n3nc(-c4ccccc4F)cc3NC(=O)Nc3cccc(Cl)c3Cl)ccc2CN1C(=O)OC(C)(C)C. The predicted octanol–water partition coefficient (Wildman–Crippen LogP) is 7.85. The molecule has 1 atom stereocenters. The first kappa shape index (κ1) is 32.8. The normalized spacial score (nSPS) is 14.3. The highest BCUT2D eigenvalue weighted by atomic mass is 35.5. The van der Waals surface area contributed by atoms with Gasteiger partial charge < -0.3 is 14.8 Å². The molecule has 1 aliphatic rings. The molecule has 4 aromatic rings. The highest BCUT2D eigenvalue weighted by molar-refractivity contribution is 6.44. The van der Waals surface area contributed by atoms with E-state index in [1.165, 1.54) is 15.6 Å². The second-order valence-electron chi connectivity index (χ2n) is 11.5. The number of anilines is 2. The molecule has 1 unspecified atom stereocenters. The summed E-state index contributed by atoms with van der Waals surface area (Å²) in [6.07, 6.45) is -0.474. The second kappa shape index (κ2) is 13.4. The molecule has 0 saturated carbocycles. The Kier molecular flexibility index (Phi) is 9.55. The van der Waals surface area contributed by atoms with E-state index in [1.54, 1.807) is 76.2 Å². The van der Waals surface area contributed by atoms with Crippen LogP contribution >= 0.6 is 23.2 Å². The summed E-state index contributed by atoms with van der Waals surface area (Å²) in [6.45, 7) is 7.21. The maximum absolute atomic E-state index is 14.8. The fraction of sp³-hybridized carbons (Fsp3) is 0.273. The number of carbonyl (C=O) groups excluding carboxylic acids is 3. The summed E-state index contributed by atoms with van der Waals surface area (Å²) in [5, 5.41) is 10.5. The van der Waals surface area contributed by atoms with Crippen molar-refractivity contribution >= 4 is 52.8 Å². The lowest BCUT2D eigenvalue weighted by molar-refractivity contribution is -0.150. The van der Waals surface area contributed by atoms with Crippen LogP contribution in [0.25, 0.3) is 16.9 Å². The number of amides is 3. The number of hydrogen-bond donors (Lipinski definition) is 2. The number of ether oxygens (including phenoxy) is 2. The molecule has 0 radical (unpaired) electrons. The van der Waals surface area contributed by atoms with E-state index in [0.29, 0.717) is 11.4 Å². The van der Waals surface area contributed by atoms with Gasteiger partial charge in [0.25, 0.3) is 0 Å². The minimum Gasteiger partial charge on any atom is -0.464 e. The van der Waals surface area contributed by atoms with E-state index in [-0.39, 0.29) is 46.7 Å². The number of nitrogens with one attached hydrogen (secondary N) is 2. The van der Waals surface area contributed by atoms with Gasteiger partial charge in [0.15, 0.2) is 0 Å². The predicted molar refractivity (Wildman–Crippen MR) is 174 cm³/mol. The molecule has 2 heterocycles. The molecular formula is C33H32Cl2FN5O5. The van der Waals surface area contributed by atoms with E-state index in [2.05, 4.69) is 15.7 Å². The molecule has 0 aliphatic carbocycles. The first-order valence-electron chi connectivity index (χ1n) is 14.5. The highest BCUT2D eigenvalue weighted by Crippen LogP contribution is 2.32. The zero-order chi connectivity index (χ0) is 33.2. The summed E-state index contributed by atoms with van der Waals surface area (Å²) in [6, 6.07) is 16.3. The fourth-order valence-corrected chi connectivity index (χ4v) is 5.35. The molecule has 0 saturated heterocycles. The number of carbonyl (C=O) groups is 3. The van der Waals surface area contributed by atoms with Gasteiger partial charge in [-0.1, -0.05) is 47.5 Å². The van der Waals surface area contributed by atoms with Gasteiger partial charge in [-0.3, -0.25) is 10.2 Å². The number of hydrogen-bond acceptors (Lipinski definition) is 6. The van der Waals surface area contributed by atoms with Gasteiger partial charge >= 0.3 is 18.1 Å². The number of aromatic nitrogens is 2. The molecule has 2 N–H and O–H groups in total. The molecule has 0 fully saturated rings. The molecule has 0 spiro atoms. The van der Waals surface area contributed by atoms with Gasteiger partial charge in [0, 0.05) is 18.1 Å². The van der Waals surface area contributed by atoms with Gasteiger partial charge in [0.1, 0.15) is 23.3 Å². The van der Waals surface area contributed by atoms with Crippen LogP contribution in [0.4, 0.5) is 25.5 Å². The Bertz CT molecular complexity index is 1810. The number of rotatable bonds is 6. The smallest absolute Gasteiger partial charge is 0.411 e. The fourth-order valence-electron chi connectivity index (χ4n) is 5.00. The average molecular weight is 669 g/mol. The van der Waals surface area contributed by atoms with Gasteiger partial charge in [-0.2, -0.15) is 5.10 Å². The van der Waals surface area contributed by atoms with Gasteiger partial charge in [-0.25, -0.2) is 23.5 Å². The summed E-state index contributed by atoms with van der Waals surface area (Å²) >= 11 is 12.4. The van der Waals surface area contributed by atoms with Crippen LogP contribution in [0, 0.1) is 5.82 Å². The topological polar surface area (TPSA) is 115 Å². The van der Waals surface area contributed by atoms with Gasteiger partial charge in [-0.05, 0) is 75.2 Å². The molecule has 0 bridgehead atoms. The molecule has 1 aliphatic heterocycles. The summed E-state index contributed by atoms with van der Waals surface area (Å²) in [4.78, 5) is 40.6. The number of nitrogens with zero attached hydrogens (tertiary/aromatic N) is 3. The van der Waals surface area contributed by atoms with E-state index in [4.69, 9.17) is 32.7 Å². The Morgan fingerprint density at radius 1 is 1.00 bits per heavy atom. The van der Waals surface area contributed by atoms with E-state index >= 15 is 0 Å². The third kappa shape index (κ3) is 7.27. The maximum Gasteiger partial charge on any atom is 0.411 e. The number of fused-ring (bicyclic) bond motifs is 1. The lowest BCUT2D eigenvalue weighted by Crippen LogP contribution is -2.50. The van der Waals surface area contributed by atoms with E-state index in [9.17, 15) is 18.8 Å². The van der Waals surface area contributed by atoms with Crippen LogP contribution in [0.2, 0.25) is 10.0 Å². The van der Waals surface area contributed by atoms with Crippen LogP contribution in [-0.4, -0.2) is 51.0 Å². The van der Waals surface area contributed by atoms with E-state index in [1.807, 2.05) is 12.1 Å². The lowest BCUT2D eigenvalue weighted by atomic mass is 9.93. The standard InChI is InChI=1S/C33H32Cl2FN5O5/c1-5-45-30(42)27-16-20-15-21(14-13-19(20)18-40(27)32(44)46-33(2,3)4)41-28(17-26(39-41)22-9-6-7-11-24(22)36)38-31(43)37-25-12-8-10-23(34)29(25)35/h6-15,17,27H,5,16,18H2,1-4H3,(H2,37,38,43). The van der Waals surface area contributed by atoms with Crippen LogP contribution in [0.5, 0.6) is 0 Å². The number of urea groups is 1. The van der Waals surface area contributed by atoms with Crippen molar-refractivity contribution in [3.05, 3.63) is 93.7 Å². The first-order chi connectivity index (χ1) is 21.8. The molecule has 3 aromatic carbocycles. The Morgan fingerprint density at radius 3 is 2.48 bits per heavy atom. The van der Waals surface area contributed by atoms with Crippen LogP contribution in [-0.2, 0) is 27.2 Å². The van der Waals surface area contributed by atoms with Crippen molar-refractivity contribution in [3.8, 4) is 16.9 Å². The largest absolute Gasteiger partial charge is 0.464 e. The van der Waals surface area contributed by atoms with E-state index < -0.39 is 35.6 Å². The molecule has 1 aromatic heterocycles. The number of esters is 1. The third-order valence-corrected chi connectivity index (χ3v) is 7.87. The monoisotopic (exact) mass is 667 g/mol. The summed E-state index contributed by atoms with van der Waals surface area (Å²) < 4.78 is 27.1. The number of halogens is 3. The van der Waals surface area contributed by atoms with E-state index in [0.717, 1.165) is 11.1 Å². The molecule has 3 amide bonds. The Balaban J connectivity index is 1.51. The molecule has 46 heavy (non-hydrogen) atoms. The summed E-state index contributed by atoms with van der Waals surface area (Å²) in [5.41, 5.74) is 2.11.